The molecule has 3 saturated heterocycles. The van der Waals surface area contributed by atoms with E-state index in [2.05, 4.69) is 25.8 Å². The van der Waals surface area contributed by atoms with Crippen LogP contribution in [0.3, 0.4) is 0 Å². The highest BCUT2D eigenvalue weighted by Gasteiger charge is 2.71. The summed E-state index contributed by atoms with van der Waals surface area (Å²) in [5.41, 5.74) is 0.393. The maximum atomic E-state index is 5.56. The molecule has 2 atom stereocenters. The zero-order valence-electron chi connectivity index (χ0n) is 8.79. The zero-order valence-corrected chi connectivity index (χ0v) is 8.79. The van der Waals surface area contributed by atoms with Crippen LogP contribution in [-0.2, 0) is 4.74 Å². The molecule has 0 spiro atoms. The third kappa shape index (κ3) is 0.767. The summed E-state index contributed by atoms with van der Waals surface area (Å²) in [6, 6.07) is 1.46. The van der Waals surface area contributed by atoms with Crippen molar-refractivity contribution in [3.8, 4) is 0 Å². The molecule has 2 unspecified atom stereocenters. The zero-order chi connectivity index (χ0) is 9.27. The first-order valence-corrected chi connectivity index (χ1v) is 5.28. The van der Waals surface area contributed by atoms with Gasteiger partial charge in [-0.25, -0.2) is 4.59 Å². The average molecular weight is 183 g/mol. The number of hydrogen-bond acceptors (Lipinski definition) is 2. The fourth-order valence-electron chi connectivity index (χ4n) is 3.35. The van der Waals surface area contributed by atoms with Crippen LogP contribution < -0.4 is 0 Å². The number of hydrogen-bond donors (Lipinski definition) is 0. The van der Waals surface area contributed by atoms with Crippen LogP contribution in [0.4, 0.5) is 0 Å². The van der Waals surface area contributed by atoms with Gasteiger partial charge in [0, 0.05) is 0 Å². The van der Waals surface area contributed by atoms with E-state index in [9.17, 15) is 0 Å². The Labute approximate surface area is 79.8 Å². The van der Waals surface area contributed by atoms with E-state index in [4.69, 9.17) is 4.74 Å². The predicted molar refractivity (Wildman–Crippen MR) is 50.0 cm³/mol. The molecule has 3 rings (SSSR count). The Morgan fingerprint density at radius 2 is 1.69 bits per heavy atom. The minimum atomic E-state index is 0.393. The lowest BCUT2D eigenvalue weighted by Crippen LogP contribution is -2.96. The largest absolute Gasteiger partial charge is 0.377 e. The van der Waals surface area contributed by atoms with Gasteiger partial charge in [-0.05, 0) is 20.8 Å². The van der Waals surface area contributed by atoms with Gasteiger partial charge in [-0.3, -0.25) is 0 Å². The monoisotopic (exact) mass is 183 g/mol. The first-order valence-electron chi connectivity index (χ1n) is 5.28. The van der Waals surface area contributed by atoms with Crippen LogP contribution in [0.1, 0.15) is 20.8 Å². The van der Waals surface area contributed by atoms with E-state index >= 15 is 0 Å². The second-order valence-electron chi connectivity index (χ2n) is 5.68. The van der Waals surface area contributed by atoms with E-state index in [1.807, 2.05) is 0 Å². The predicted octanol–water partition coefficient (Wildman–Crippen LogP) is 0.613. The van der Waals surface area contributed by atoms with Gasteiger partial charge < -0.3 is 4.74 Å². The lowest BCUT2D eigenvalue weighted by Gasteiger charge is -2.74. The van der Waals surface area contributed by atoms with Crippen molar-refractivity contribution in [3.63, 3.8) is 0 Å². The molecule has 3 aliphatic rings. The van der Waals surface area contributed by atoms with E-state index < -0.39 is 0 Å². The van der Waals surface area contributed by atoms with Crippen molar-refractivity contribution >= 4 is 0 Å². The molecule has 3 heterocycles. The van der Waals surface area contributed by atoms with Crippen LogP contribution in [0, 0.1) is 0 Å². The second-order valence-corrected chi connectivity index (χ2v) is 5.68. The fraction of sp³-hybridized carbons (Fsp3) is 1.00. The molecule has 3 fully saturated rings. The maximum absolute atomic E-state index is 5.56. The van der Waals surface area contributed by atoms with Gasteiger partial charge >= 0.3 is 0 Å². The summed E-state index contributed by atoms with van der Waals surface area (Å²) in [4.78, 5) is 0. The highest BCUT2D eigenvalue weighted by molar-refractivity contribution is 4.95. The standard InChI is InChI=1S/C10H19N2O/c1-10(2,3)12-4-8-6-13-7-9(5-12)11(8)12/h8-9H,4-7H2,1-3H3/q+1. The van der Waals surface area contributed by atoms with E-state index in [0.717, 1.165) is 25.3 Å². The van der Waals surface area contributed by atoms with Gasteiger partial charge in [-0.15, -0.1) is 5.01 Å². The quantitative estimate of drug-likeness (QED) is 0.510. The Bertz CT molecular complexity index is 232. The first-order chi connectivity index (χ1) is 6.05. The first kappa shape index (κ1) is 8.21. The number of quaternary nitrogens is 1. The Balaban J connectivity index is 1.85. The van der Waals surface area contributed by atoms with Gasteiger partial charge in [0.05, 0.1) is 13.2 Å². The lowest BCUT2D eigenvalue weighted by atomic mass is 9.88. The highest BCUT2D eigenvalue weighted by Crippen LogP contribution is 2.49. The van der Waals surface area contributed by atoms with Gasteiger partial charge in [0.25, 0.3) is 0 Å². The summed E-state index contributed by atoms with van der Waals surface area (Å²) in [6.45, 7) is 11.6. The normalized spacial score (nSPS) is 49.2. The molecular formula is C10H19N2O+. The molecule has 0 aromatic rings. The Morgan fingerprint density at radius 3 is 2.15 bits per heavy atom. The van der Waals surface area contributed by atoms with Crippen molar-refractivity contribution in [2.45, 2.75) is 38.4 Å². The molecule has 13 heavy (non-hydrogen) atoms. The molecule has 0 saturated carbocycles. The molecule has 3 heteroatoms. The summed E-state index contributed by atoms with van der Waals surface area (Å²) in [7, 11) is 0. The Morgan fingerprint density at radius 1 is 1.15 bits per heavy atom. The SMILES string of the molecule is CC(C)(C)[N+]12CC3COCC(C1)N32. The summed E-state index contributed by atoms with van der Waals surface area (Å²) in [5.74, 6) is 0. The summed E-state index contributed by atoms with van der Waals surface area (Å²) < 4.78 is 6.79. The third-order valence-electron chi connectivity index (χ3n) is 4.09. The molecule has 0 N–H and O–H groups in total. The highest BCUT2D eigenvalue weighted by atomic mass is 16.5. The van der Waals surface area contributed by atoms with Gasteiger partial charge in [0.2, 0.25) is 0 Å². The smallest absolute Gasteiger partial charge is 0.133 e. The lowest BCUT2D eigenvalue weighted by molar-refractivity contribution is -1.17. The molecule has 0 aliphatic carbocycles. The number of ether oxygens (including phenoxy) is 1. The molecule has 0 amide bonds. The summed E-state index contributed by atoms with van der Waals surface area (Å²) >= 11 is 0. The average Bonchev–Trinajstić information content (AvgIpc) is 1.88. The van der Waals surface area contributed by atoms with E-state index in [1.165, 1.54) is 17.7 Å². The number of nitrogens with zero attached hydrogens (tertiary/aromatic N) is 2. The van der Waals surface area contributed by atoms with Crippen LogP contribution in [0.2, 0.25) is 0 Å². The molecule has 0 aromatic heterocycles. The van der Waals surface area contributed by atoms with Crippen LogP contribution >= 0.6 is 0 Å². The number of rotatable bonds is 0. The van der Waals surface area contributed by atoms with E-state index in [0.29, 0.717) is 5.54 Å². The maximum Gasteiger partial charge on any atom is 0.133 e. The molecule has 3 aliphatic heterocycles. The van der Waals surface area contributed by atoms with Crippen LogP contribution in [0.5, 0.6) is 0 Å². The van der Waals surface area contributed by atoms with Crippen molar-refractivity contribution < 1.29 is 9.33 Å². The summed E-state index contributed by atoms with van der Waals surface area (Å²) in [5, 5.41) is 2.67. The second kappa shape index (κ2) is 2.10. The minimum absolute atomic E-state index is 0.393. The number of piperazine rings is 1. The van der Waals surface area contributed by atoms with E-state index in [1.54, 1.807) is 0 Å². The molecule has 74 valence electrons. The van der Waals surface area contributed by atoms with Crippen molar-refractivity contribution in [2.75, 3.05) is 26.3 Å². The molecule has 0 bridgehead atoms. The van der Waals surface area contributed by atoms with Gasteiger partial charge in [-0.1, -0.05) is 0 Å². The molecule has 3 nitrogen and oxygen atoms in total. The van der Waals surface area contributed by atoms with Crippen molar-refractivity contribution in [1.82, 2.24) is 5.01 Å². The van der Waals surface area contributed by atoms with Crippen LogP contribution in [-0.4, -0.2) is 53.5 Å². The van der Waals surface area contributed by atoms with Crippen molar-refractivity contribution in [1.29, 1.82) is 0 Å². The number of morpholine rings is 1. The fourth-order valence-corrected chi connectivity index (χ4v) is 3.35. The van der Waals surface area contributed by atoms with Crippen LogP contribution in [0.25, 0.3) is 0 Å². The van der Waals surface area contributed by atoms with Crippen molar-refractivity contribution in [3.05, 3.63) is 0 Å². The molecular weight excluding hydrogens is 164 g/mol. The van der Waals surface area contributed by atoms with E-state index in [-0.39, 0.29) is 0 Å². The van der Waals surface area contributed by atoms with Gasteiger partial charge in [0.1, 0.15) is 30.7 Å². The van der Waals surface area contributed by atoms with Crippen molar-refractivity contribution in [2.24, 2.45) is 0 Å². The topological polar surface area (TPSA) is 12.5 Å². The van der Waals surface area contributed by atoms with Gasteiger partial charge in [-0.2, -0.15) is 0 Å². The molecule has 0 radical (unpaired) electrons. The molecule has 0 aromatic carbocycles. The van der Waals surface area contributed by atoms with Gasteiger partial charge in [0.15, 0.2) is 0 Å². The van der Waals surface area contributed by atoms with Crippen LogP contribution in [0.15, 0.2) is 0 Å². The Kier molecular flexibility index (Phi) is 1.33. The Hall–Kier alpha value is -0.120. The summed E-state index contributed by atoms with van der Waals surface area (Å²) in [6.07, 6.45) is 0. The third-order valence-corrected chi connectivity index (χ3v) is 4.09. The minimum Gasteiger partial charge on any atom is -0.377 e.